The van der Waals surface area contributed by atoms with Gasteiger partial charge in [0.15, 0.2) is 0 Å². The van der Waals surface area contributed by atoms with E-state index in [0.29, 0.717) is 0 Å². The van der Waals surface area contributed by atoms with Crippen molar-refractivity contribution in [2.45, 2.75) is 38.0 Å². The first-order valence-corrected chi connectivity index (χ1v) is 5.73. The van der Waals surface area contributed by atoms with Gasteiger partial charge in [-0.1, -0.05) is 30.3 Å². The van der Waals surface area contributed by atoms with Gasteiger partial charge < -0.3 is 0 Å². The zero-order valence-corrected chi connectivity index (χ0v) is 8.50. The Kier molecular flexibility index (Phi) is 1.93. The first kappa shape index (κ1) is 8.28. The van der Waals surface area contributed by atoms with Crippen molar-refractivity contribution in [3.8, 4) is 0 Å². The molecule has 2 aliphatic carbocycles. The third-order valence-electron chi connectivity index (χ3n) is 3.35. The van der Waals surface area contributed by atoms with Crippen LogP contribution in [0.2, 0.25) is 0 Å². The first-order valence-electron chi connectivity index (χ1n) is 5.73. The van der Waals surface area contributed by atoms with Crippen LogP contribution in [0.4, 0.5) is 0 Å². The average molecular weight is 184 g/mol. The summed E-state index contributed by atoms with van der Waals surface area (Å²) in [5.41, 5.74) is 4.62. The van der Waals surface area contributed by atoms with E-state index in [1.807, 2.05) is 0 Å². The van der Waals surface area contributed by atoms with Gasteiger partial charge in [0.25, 0.3) is 0 Å². The van der Waals surface area contributed by atoms with Crippen LogP contribution in [0.1, 0.15) is 49.1 Å². The fraction of sp³-hybridized carbons (Fsp3) is 0.429. The van der Waals surface area contributed by atoms with Crippen molar-refractivity contribution < 1.29 is 0 Å². The Morgan fingerprint density at radius 3 is 2.79 bits per heavy atom. The maximum atomic E-state index is 2.41. The quantitative estimate of drug-likeness (QED) is 0.648. The SMILES string of the molecule is C1=C(c2cccc(C3CC3)c2)CCC1. The van der Waals surface area contributed by atoms with Gasteiger partial charge in [-0.3, -0.25) is 0 Å². The van der Waals surface area contributed by atoms with Gasteiger partial charge in [0, 0.05) is 0 Å². The molecule has 0 spiro atoms. The Morgan fingerprint density at radius 2 is 2.07 bits per heavy atom. The highest BCUT2D eigenvalue weighted by Gasteiger charge is 2.23. The molecule has 0 saturated heterocycles. The van der Waals surface area contributed by atoms with Crippen molar-refractivity contribution >= 4 is 5.57 Å². The molecule has 0 nitrogen and oxygen atoms in total. The third-order valence-corrected chi connectivity index (χ3v) is 3.35. The molecule has 0 bridgehead atoms. The van der Waals surface area contributed by atoms with Gasteiger partial charge in [-0.25, -0.2) is 0 Å². The molecule has 0 aliphatic heterocycles. The Bertz CT molecular complexity index is 369. The summed E-state index contributed by atoms with van der Waals surface area (Å²) in [4.78, 5) is 0. The van der Waals surface area contributed by atoms with Crippen molar-refractivity contribution in [3.63, 3.8) is 0 Å². The van der Waals surface area contributed by atoms with E-state index >= 15 is 0 Å². The molecule has 1 aromatic carbocycles. The van der Waals surface area contributed by atoms with Crippen LogP contribution in [-0.4, -0.2) is 0 Å². The lowest BCUT2D eigenvalue weighted by Gasteiger charge is -2.04. The fourth-order valence-corrected chi connectivity index (χ4v) is 2.34. The van der Waals surface area contributed by atoms with E-state index in [-0.39, 0.29) is 0 Å². The van der Waals surface area contributed by atoms with Crippen LogP contribution in [-0.2, 0) is 0 Å². The summed E-state index contributed by atoms with van der Waals surface area (Å²) in [7, 11) is 0. The van der Waals surface area contributed by atoms with Gasteiger partial charge in [0.1, 0.15) is 0 Å². The number of allylic oxidation sites excluding steroid dienone is 2. The van der Waals surface area contributed by atoms with Crippen LogP contribution in [0, 0.1) is 0 Å². The molecule has 2 aliphatic rings. The monoisotopic (exact) mass is 184 g/mol. The lowest BCUT2D eigenvalue weighted by atomic mass is 10.0. The molecule has 14 heavy (non-hydrogen) atoms. The molecule has 0 heteroatoms. The summed E-state index contributed by atoms with van der Waals surface area (Å²) in [6, 6.07) is 9.19. The minimum Gasteiger partial charge on any atom is -0.0807 e. The van der Waals surface area contributed by atoms with Crippen molar-refractivity contribution in [2.24, 2.45) is 0 Å². The summed E-state index contributed by atoms with van der Waals surface area (Å²) in [5, 5.41) is 0. The lowest BCUT2D eigenvalue weighted by Crippen LogP contribution is -1.84. The van der Waals surface area contributed by atoms with Crippen molar-refractivity contribution in [1.82, 2.24) is 0 Å². The van der Waals surface area contributed by atoms with Crippen LogP contribution in [0.15, 0.2) is 30.3 Å². The molecule has 1 saturated carbocycles. The molecule has 0 atom stereocenters. The molecule has 0 heterocycles. The highest BCUT2D eigenvalue weighted by atomic mass is 14.3. The van der Waals surface area contributed by atoms with Crippen molar-refractivity contribution in [3.05, 3.63) is 41.5 Å². The second-order valence-corrected chi connectivity index (χ2v) is 4.52. The largest absolute Gasteiger partial charge is 0.0807 e. The maximum Gasteiger partial charge on any atom is -0.0161 e. The standard InChI is InChI=1S/C14H16/c1-2-5-11(4-1)13-6-3-7-14(10-13)12-8-9-12/h3-4,6-7,10,12H,1-2,5,8-9H2. The van der Waals surface area contributed by atoms with Gasteiger partial charge in [-0.15, -0.1) is 0 Å². The zero-order valence-electron chi connectivity index (χ0n) is 8.50. The molecule has 0 aromatic heterocycles. The molecule has 0 N–H and O–H groups in total. The van der Waals surface area contributed by atoms with E-state index in [1.54, 1.807) is 11.1 Å². The van der Waals surface area contributed by atoms with E-state index in [0.717, 1.165) is 5.92 Å². The van der Waals surface area contributed by atoms with E-state index in [9.17, 15) is 0 Å². The minimum atomic E-state index is 0.886. The molecule has 1 aromatic rings. The number of hydrogen-bond donors (Lipinski definition) is 0. The second kappa shape index (κ2) is 3.27. The van der Waals surface area contributed by atoms with Gasteiger partial charge in [0.2, 0.25) is 0 Å². The Hall–Kier alpha value is -1.04. The summed E-state index contributed by atoms with van der Waals surface area (Å²) in [6.07, 6.45) is 9.14. The molecule has 72 valence electrons. The number of rotatable bonds is 2. The minimum absolute atomic E-state index is 0.886. The van der Waals surface area contributed by atoms with Crippen LogP contribution in [0.25, 0.3) is 5.57 Å². The topological polar surface area (TPSA) is 0 Å². The lowest BCUT2D eigenvalue weighted by molar-refractivity contribution is 0.935. The van der Waals surface area contributed by atoms with Gasteiger partial charge in [0.05, 0.1) is 0 Å². The highest BCUT2D eigenvalue weighted by molar-refractivity contribution is 5.67. The van der Waals surface area contributed by atoms with Crippen molar-refractivity contribution in [2.75, 3.05) is 0 Å². The summed E-state index contributed by atoms with van der Waals surface area (Å²) < 4.78 is 0. The smallest absolute Gasteiger partial charge is 0.0161 e. The summed E-state index contributed by atoms with van der Waals surface area (Å²) in [6.45, 7) is 0. The molecule has 0 radical (unpaired) electrons. The van der Waals surface area contributed by atoms with Gasteiger partial charge in [-0.2, -0.15) is 0 Å². The van der Waals surface area contributed by atoms with E-state index in [4.69, 9.17) is 0 Å². The molecule has 3 rings (SSSR count). The summed E-state index contributed by atoms with van der Waals surface area (Å²) >= 11 is 0. The molecule has 0 amide bonds. The normalized spacial score (nSPS) is 21.0. The van der Waals surface area contributed by atoms with E-state index < -0.39 is 0 Å². The van der Waals surface area contributed by atoms with Gasteiger partial charge in [-0.05, 0) is 54.7 Å². The predicted octanol–water partition coefficient (Wildman–Crippen LogP) is 4.13. The third kappa shape index (κ3) is 1.50. The van der Waals surface area contributed by atoms with E-state index in [1.165, 1.54) is 37.7 Å². The van der Waals surface area contributed by atoms with E-state index in [2.05, 4.69) is 30.3 Å². The van der Waals surface area contributed by atoms with Crippen LogP contribution in [0.5, 0.6) is 0 Å². The molecule has 0 unspecified atom stereocenters. The highest BCUT2D eigenvalue weighted by Crippen LogP contribution is 2.41. The Balaban J connectivity index is 1.93. The first-order chi connectivity index (χ1) is 6.93. The van der Waals surface area contributed by atoms with Gasteiger partial charge >= 0.3 is 0 Å². The number of benzene rings is 1. The Labute approximate surface area is 85.6 Å². The second-order valence-electron chi connectivity index (χ2n) is 4.52. The van der Waals surface area contributed by atoms with Crippen LogP contribution in [0.3, 0.4) is 0 Å². The molecular weight excluding hydrogens is 168 g/mol. The fourth-order valence-electron chi connectivity index (χ4n) is 2.34. The molecular formula is C14H16. The molecule has 1 fully saturated rings. The number of hydrogen-bond acceptors (Lipinski definition) is 0. The van der Waals surface area contributed by atoms with Crippen LogP contribution >= 0.6 is 0 Å². The predicted molar refractivity (Wildman–Crippen MR) is 60.2 cm³/mol. The van der Waals surface area contributed by atoms with Crippen LogP contribution < -0.4 is 0 Å². The average Bonchev–Trinajstić information content (AvgIpc) is 2.94. The Morgan fingerprint density at radius 1 is 1.14 bits per heavy atom. The zero-order chi connectivity index (χ0) is 9.38. The summed E-state index contributed by atoms with van der Waals surface area (Å²) in [5.74, 6) is 0.886. The van der Waals surface area contributed by atoms with Crippen molar-refractivity contribution in [1.29, 1.82) is 0 Å². The maximum absolute atomic E-state index is 2.41.